The van der Waals surface area contributed by atoms with E-state index in [-0.39, 0.29) is 16.8 Å². The van der Waals surface area contributed by atoms with Crippen LogP contribution in [0.5, 0.6) is 0 Å². The first-order valence-electron chi connectivity index (χ1n) is 6.93. The molecular weight excluding hydrogens is 359 g/mol. The molecule has 2 N–H and O–H groups in total. The number of carbonyl (C=O) groups excluding carboxylic acids is 2. The van der Waals surface area contributed by atoms with Crippen LogP contribution in [-0.2, 0) is 22.8 Å². The van der Waals surface area contributed by atoms with E-state index in [0.29, 0.717) is 11.4 Å². The van der Waals surface area contributed by atoms with Crippen molar-refractivity contribution < 1.29 is 22.8 Å². The van der Waals surface area contributed by atoms with E-state index in [2.05, 4.69) is 20.8 Å². The van der Waals surface area contributed by atoms with Crippen LogP contribution in [-0.4, -0.2) is 32.3 Å². The first-order valence-corrected chi connectivity index (χ1v) is 7.92. The fourth-order valence-corrected chi connectivity index (χ4v) is 2.57. The van der Waals surface area contributed by atoms with Crippen molar-refractivity contribution in [2.45, 2.75) is 18.3 Å². The van der Waals surface area contributed by atoms with Crippen LogP contribution in [0.1, 0.15) is 12.7 Å². The van der Waals surface area contributed by atoms with Gasteiger partial charge in [0.15, 0.2) is 5.16 Å². The maximum atomic E-state index is 12.6. The van der Waals surface area contributed by atoms with E-state index >= 15 is 0 Å². The standard InChI is InChI=1S/C14H14F3N5O2S/c1-8(23)18-9-3-5-10(6-4-9)19-11(24)7-25-13-21-20-12(22(13)2)14(15,16)17/h3-6H,7H2,1-2H3,(H,18,23)(H,19,24). The Labute approximate surface area is 145 Å². The van der Waals surface area contributed by atoms with Gasteiger partial charge in [-0.2, -0.15) is 13.2 Å². The molecule has 0 aliphatic carbocycles. The smallest absolute Gasteiger partial charge is 0.326 e. The van der Waals surface area contributed by atoms with Crippen LogP contribution in [0.15, 0.2) is 29.4 Å². The quantitative estimate of drug-likeness (QED) is 0.787. The third-order valence-electron chi connectivity index (χ3n) is 2.91. The summed E-state index contributed by atoms with van der Waals surface area (Å²) in [6.45, 7) is 1.38. The van der Waals surface area contributed by atoms with Gasteiger partial charge in [0.25, 0.3) is 0 Å². The normalized spacial score (nSPS) is 11.2. The Kier molecular flexibility index (Phi) is 5.67. The number of amides is 2. The molecule has 0 radical (unpaired) electrons. The van der Waals surface area contributed by atoms with Gasteiger partial charge in [-0.05, 0) is 24.3 Å². The highest BCUT2D eigenvalue weighted by atomic mass is 32.2. The molecule has 0 saturated carbocycles. The van der Waals surface area contributed by atoms with Gasteiger partial charge in [-0.1, -0.05) is 11.8 Å². The number of rotatable bonds is 5. The molecule has 0 spiro atoms. The Hall–Kier alpha value is -2.56. The van der Waals surface area contributed by atoms with Crippen LogP contribution in [0.3, 0.4) is 0 Å². The van der Waals surface area contributed by atoms with Gasteiger partial charge in [0.2, 0.25) is 17.6 Å². The van der Waals surface area contributed by atoms with Crippen LogP contribution in [0.25, 0.3) is 0 Å². The van der Waals surface area contributed by atoms with Crippen LogP contribution in [0.2, 0.25) is 0 Å². The van der Waals surface area contributed by atoms with E-state index in [9.17, 15) is 22.8 Å². The van der Waals surface area contributed by atoms with Crippen LogP contribution >= 0.6 is 11.8 Å². The van der Waals surface area contributed by atoms with Crippen molar-refractivity contribution in [1.29, 1.82) is 0 Å². The number of hydrogen-bond donors (Lipinski definition) is 2. The molecule has 11 heteroatoms. The molecule has 0 unspecified atom stereocenters. The molecule has 0 fully saturated rings. The molecule has 0 aliphatic rings. The van der Waals surface area contributed by atoms with Crippen LogP contribution in [0.4, 0.5) is 24.5 Å². The predicted molar refractivity (Wildman–Crippen MR) is 86.1 cm³/mol. The molecule has 25 heavy (non-hydrogen) atoms. The van der Waals surface area contributed by atoms with Gasteiger partial charge >= 0.3 is 6.18 Å². The molecule has 134 valence electrons. The Morgan fingerprint density at radius 1 is 1.12 bits per heavy atom. The Bertz CT molecular complexity index is 774. The molecular formula is C14H14F3N5O2S. The summed E-state index contributed by atoms with van der Waals surface area (Å²) in [5.74, 6) is -1.87. The zero-order chi connectivity index (χ0) is 18.6. The SMILES string of the molecule is CC(=O)Nc1ccc(NC(=O)CSc2nnc(C(F)(F)F)n2C)cc1. The monoisotopic (exact) mass is 373 g/mol. The third-order valence-corrected chi connectivity index (χ3v) is 3.93. The summed E-state index contributed by atoms with van der Waals surface area (Å²) in [5.41, 5.74) is 1.08. The van der Waals surface area contributed by atoms with Crippen LogP contribution < -0.4 is 10.6 Å². The fourth-order valence-electron chi connectivity index (χ4n) is 1.85. The average Bonchev–Trinajstić information content (AvgIpc) is 2.88. The summed E-state index contributed by atoms with van der Waals surface area (Å²) in [5, 5.41) is 11.7. The zero-order valence-electron chi connectivity index (χ0n) is 13.2. The Morgan fingerprint density at radius 3 is 2.16 bits per heavy atom. The third kappa shape index (κ3) is 5.21. The van der Waals surface area contributed by atoms with Gasteiger partial charge in [-0.25, -0.2) is 0 Å². The van der Waals surface area contributed by atoms with Gasteiger partial charge in [0, 0.05) is 25.3 Å². The summed E-state index contributed by atoms with van der Waals surface area (Å²) >= 11 is 0.843. The molecule has 1 aromatic carbocycles. The molecule has 0 saturated heterocycles. The Morgan fingerprint density at radius 2 is 1.68 bits per heavy atom. The minimum atomic E-state index is -4.60. The highest BCUT2D eigenvalue weighted by molar-refractivity contribution is 7.99. The van der Waals surface area contributed by atoms with E-state index in [0.717, 1.165) is 16.3 Å². The largest absolute Gasteiger partial charge is 0.451 e. The molecule has 7 nitrogen and oxygen atoms in total. The number of nitrogens with one attached hydrogen (secondary N) is 2. The summed E-state index contributed by atoms with van der Waals surface area (Å²) in [6.07, 6.45) is -4.60. The molecule has 1 heterocycles. The topological polar surface area (TPSA) is 88.9 Å². The van der Waals surface area contributed by atoms with Gasteiger partial charge in [-0.3, -0.25) is 9.59 Å². The fraction of sp³-hybridized carbons (Fsp3) is 0.286. The van der Waals surface area contributed by atoms with Crippen molar-refractivity contribution in [2.75, 3.05) is 16.4 Å². The molecule has 0 aliphatic heterocycles. The molecule has 0 bridgehead atoms. The molecule has 1 aromatic heterocycles. The number of carbonyl (C=O) groups is 2. The second-order valence-electron chi connectivity index (χ2n) is 4.96. The predicted octanol–water partition coefficient (Wildman–Crippen LogP) is 2.52. The van der Waals surface area contributed by atoms with Crippen molar-refractivity contribution >= 4 is 35.0 Å². The van der Waals surface area contributed by atoms with Gasteiger partial charge < -0.3 is 15.2 Å². The lowest BCUT2D eigenvalue weighted by Crippen LogP contribution is -2.15. The lowest BCUT2D eigenvalue weighted by molar-refractivity contribution is -0.147. The minimum Gasteiger partial charge on any atom is -0.326 e. The highest BCUT2D eigenvalue weighted by Gasteiger charge is 2.37. The number of thioether (sulfide) groups is 1. The van der Waals surface area contributed by atoms with E-state index in [4.69, 9.17) is 0 Å². The number of anilines is 2. The van der Waals surface area contributed by atoms with E-state index in [1.165, 1.54) is 14.0 Å². The number of alkyl halides is 3. The lowest BCUT2D eigenvalue weighted by atomic mass is 10.3. The summed E-state index contributed by atoms with van der Waals surface area (Å²) in [6, 6.07) is 6.42. The van der Waals surface area contributed by atoms with Gasteiger partial charge in [0.05, 0.1) is 5.75 Å². The van der Waals surface area contributed by atoms with E-state index in [1.54, 1.807) is 24.3 Å². The van der Waals surface area contributed by atoms with Crippen molar-refractivity contribution in [2.24, 2.45) is 7.05 Å². The molecule has 0 atom stereocenters. The maximum absolute atomic E-state index is 12.6. The average molecular weight is 373 g/mol. The first-order chi connectivity index (χ1) is 11.7. The first kappa shape index (κ1) is 18.8. The maximum Gasteiger partial charge on any atom is 0.451 e. The van der Waals surface area contributed by atoms with Gasteiger partial charge in [0.1, 0.15) is 0 Å². The number of halogens is 3. The number of hydrogen-bond acceptors (Lipinski definition) is 5. The number of aromatic nitrogens is 3. The number of benzene rings is 1. The summed E-state index contributed by atoms with van der Waals surface area (Å²) < 4.78 is 38.7. The molecule has 2 aromatic rings. The summed E-state index contributed by atoms with van der Waals surface area (Å²) in [7, 11) is 1.18. The van der Waals surface area contributed by atoms with Crippen molar-refractivity contribution in [1.82, 2.24) is 14.8 Å². The van der Waals surface area contributed by atoms with E-state index in [1.807, 2.05) is 0 Å². The lowest BCUT2D eigenvalue weighted by Gasteiger charge is -2.08. The van der Waals surface area contributed by atoms with Crippen LogP contribution in [0, 0.1) is 0 Å². The van der Waals surface area contributed by atoms with Crippen molar-refractivity contribution in [3.05, 3.63) is 30.1 Å². The minimum absolute atomic E-state index is 0.0107. The highest BCUT2D eigenvalue weighted by Crippen LogP contribution is 2.29. The summed E-state index contributed by atoms with van der Waals surface area (Å²) in [4.78, 5) is 22.8. The van der Waals surface area contributed by atoms with E-state index < -0.39 is 17.9 Å². The molecule has 2 amide bonds. The second-order valence-corrected chi connectivity index (χ2v) is 5.90. The van der Waals surface area contributed by atoms with Gasteiger partial charge in [-0.15, -0.1) is 10.2 Å². The second kappa shape index (κ2) is 7.55. The van der Waals surface area contributed by atoms with Crippen molar-refractivity contribution in [3.8, 4) is 0 Å². The van der Waals surface area contributed by atoms with Crippen molar-refractivity contribution in [3.63, 3.8) is 0 Å². The molecule has 2 rings (SSSR count). The number of nitrogens with zero attached hydrogens (tertiary/aromatic N) is 3. The Balaban J connectivity index is 1.91. The zero-order valence-corrected chi connectivity index (χ0v) is 14.0.